The molecule has 0 radical (unpaired) electrons. The van der Waals surface area contributed by atoms with E-state index in [2.05, 4.69) is 43.2 Å². The number of rotatable bonds is 3. The maximum Gasteiger partial charge on any atom is 0.148 e. The number of nitrogens with one attached hydrogen (secondary N) is 1. The Balaban J connectivity index is 2.25. The van der Waals surface area contributed by atoms with Crippen molar-refractivity contribution in [3.05, 3.63) is 10.8 Å². The van der Waals surface area contributed by atoms with Gasteiger partial charge in [0, 0.05) is 20.1 Å². The summed E-state index contributed by atoms with van der Waals surface area (Å²) in [5, 5.41) is 3.06. The van der Waals surface area contributed by atoms with E-state index in [-0.39, 0.29) is 0 Å². The molecule has 88 valence electrons. The highest BCUT2D eigenvalue weighted by molar-refractivity contribution is 9.10. The molecule has 0 aliphatic heterocycles. The predicted octanol–water partition coefficient (Wildman–Crippen LogP) is 2.66. The Morgan fingerprint density at radius 2 is 2.06 bits per heavy atom. The van der Waals surface area contributed by atoms with Crippen LogP contribution in [0.4, 0.5) is 11.6 Å². The molecular weight excluding hydrogens is 268 g/mol. The summed E-state index contributed by atoms with van der Waals surface area (Å²) < 4.78 is 0.951. The molecule has 0 unspecified atom stereocenters. The standard InChI is InChI=1S/C11H17BrN4/c1-13-10-9(12)11(15-7-14-10)16(2)8-5-3-4-6-8/h7-8H,3-6H2,1-2H3,(H,13,14,15). The van der Waals surface area contributed by atoms with E-state index in [1.54, 1.807) is 6.33 Å². The number of nitrogens with zero attached hydrogens (tertiary/aromatic N) is 3. The first-order chi connectivity index (χ1) is 7.74. The van der Waals surface area contributed by atoms with Gasteiger partial charge >= 0.3 is 0 Å². The predicted molar refractivity (Wildman–Crippen MR) is 69.9 cm³/mol. The number of anilines is 2. The van der Waals surface area contributed by atoms with Gasteiger partial charge in [-0.2, -0.15) is 0 Å². The van der Waals surface area contributed by atoms with Crippen LogP contribution in [0.15, 0.2) is 10.8 Å². The van der Waals surface area contributed by atoms with Crippen LogP contribution in [-0.4, -0.2) is 30.1 Å². The molecule has 0 aromatic carbocycles. The summed E-state index contributed by atoms with van der Waals surface area (Å²) >= 11 is 3.56. The van der Waals surface area contributed by atoms with Gasteiger partial charge in [-0.3, -0.25) is 0 Å². The lowest BCUT2D eigenvalue weighted by molar-refractivity contribution is 0.644. The molecular formula is C11H17BrN4. The van der Waals surface area contributed by atoms with Crippen molar-refractivity contribution in [2.24, 2.45) is 0 Å². The number of hydrogen-bond donors (Lipinski definition) is 1. The minimum absolute atomic E-state index is 0.621. The van der Waals surface area contributed by atoms with Crippen molar-refractivity contribution in [2.75, 3.05) is 24.3 Å². The average Bonchev–Trinajstić information content (AvgIpc) is 2.82. The molecule has 1 heterocycles. The number of aromatic nitrogens is 2. The van der Waals surface area contributed by atoms with Gasteiger partial charge in [0.05, 0.1) is 0 Å². The third-order valence-electron chi connectivity index (χ3n) is 3.21. The Morgan fingerprint density at radius 1 is 1.38 bits per heavy atom. The summed E-state index contributed by atoms with van der Waals surface area (Å²) in [5.74, 6) is 1.82. The molecule has 1 aliphatic rings. The SMILES string of the molecule is CNc1ncnc(N(C)C2CCCC2)c1Br. The van der Waals surface area contributed by atoms with E-state index in [0.29, 0.717) is 6.04 Å². The molecule has 0 bridgehead atoms. The summed E-state index contributed by atoms with van der Waals surface area (Å²) in [6, 6.07) is 0.621. The zero-order valence-electron chi connectivity index (χ0n) is 9.70. The average molecular weight is 285 g/mol. The Morgan fingerprint density at radius 3 is 2.69 bits per heavy atom. The second-order valence-electron chi connectivity index (χ2n) is 4.16. The molecule has 0 amide bonds. The second kappa shape index (κ2) is 4.99. The van der Waals surface area contributed by atoms with E-state index in [0.717, 1.165) is 16.1 Å². The van der Waals surface area contributed by atoms with Crippen LogP contribution in [0.1, 0.15) is 25.7 Å². The van der Waals surface area contributed by atoms with Gasteiger partial charge < -0.3 is 10.2 Å². The van der Waals surface area contributed by atoms with Crippen LogP contribution in [0.25, 0.3) is 0 Å². The van der Waals surface area contributed by atoms with Crippen molar-refractivity contribution in [3.63, 3.8) is 0 Å². The Hall–Kier alpha value is -0.840. The van der Waals surface area contributed by atoms with E-state index in [4.69, 9.17) is 0 Å². The molecule has 2 rings (SSSR count). The first-order valence-corrected chi connectivity index (χ1v) is 6.44. The van der Waals surface area contributed by atoms with Crippen LogP contribution in [0.3, 0.4) is 0 Å². The van der Waals surface area contributed by atoms with E-state index in [9.17, 15) is 0 Å². The lowest BCUT2D eigenvalue weighted by atomic mass is 10.2. The number of halogens is 1. The molecule has 5 heteroatoms. The summed E-state index contributed by atoms with van der Waals surface area (Å²) in [7, 11) is 3.98. The molecule has 0 atom stereocenters. The Labute approximate surface area is 105 Å². The second-order valence-corrected chi connectivity index (χ2v) is 4.95. The molecule has 1 saturated carbocycles. The monoisotopic (exact) mass is 284 g/mol. The van der Waals surface area contributed by atoms with Gasteiger partial charge in [0.2, 0.25) is 0 Å². The number of hydrogen-bond acceptors (Lipinski definition) is 4. The first-order valence-electron chi connectivity index (χ1n) is 5.65. The van der Waals surface area contributed by atoms with Crippen molar-refractivity contribution in [3.8, 4) is 0 Å². The van der Waals surface area contributed by atoms with E-state index < -0.39 is 0 Å². The zero-order valence-corrected chi connectivity index (χ0v) is 11.3. The Kier molecular flexibility index (Phi) is 3.63. The van der Waals surface area contributed by atoms with Gasteiger partial charge in [0.25, 0.3) is 0 Å². The normalized spacial score (nSPS) is 16.4. The quantitative estimate of drug-likeness (QED) is 0.927. The van der Waals surface area contributed by atoms with Crippen LogP contribution >= 0.6 is 15.9 Å². The van der Waals surface area contributed by atoms with E-state index in [1.807, 2.05) is 7.05 Å². The van der Waals surface area contributed by atoms with Gasteiger partial charge in [-0.15, -0.1) is 0 Å². The fourth-order valence-corrected chi connectivity index (χ4v) is 2.93. The first kappa shape index (κ1) is 11.6. The van der Waals surface area contributed by atoms with E-state index in [1.165, 1.54) is 25.7 Å². The fraction of sp³-hybridized carbons (Fsp3) is 0.636. The van der Waals surface area contributed by atoms with Crippen LogP contribution < -0.4 is 10.2 Å². The van der Waals surface area contributed by atoms with Gasteiger partial charge in [-0.25, -0.2) is 9.97 Å². The van der Waals surface area contributed by atoms with Crippen LogP contribution in [0.2, 0.25) is 0 Å². The summed E-state index contributed by atoms with van der Waals surface area (Å²) in [4.78, 5) is 10.8. The molecule has 0 spiro atoms. The van der Waals surface area contributed by atoms with Crippen LogP contribution in [0, 0.1) is 0 Å². The summed E-state index contributed by atoms with van der Waals surface area (Å²) in [6.07, 6.45) is 6.80. The molecule has 0 saturated heterocycles. The van der Waals surface area contributed by atoms with Crippen molar-refractivity contribution in [1.82, 2.24) is 9.97 Å². The molecule has 1 fully saturated rings. The molecule has 1 aromatic rings. The largest absolute Gasteiger partial charge is 0.372 e. The highest BCUT2D eigenvalue weighted by Crippen LogP contribution is 2.33. The van der Waals surface area contributed by atoms with Crippen molar-refractivity contribution in [2.45, 2.75) is 31.7 Å². The highest BCUT2D eigenvalue weighted by Gasteiger charge is 2.23. The molecule has 1 aromatic heterocycles. The Bertz CT molecular complexity index is 363. The van der Waals surface area contributed by atoms with Crippen molar-refractivity contribution >= 4 is 27.6 Å². The van der Waals surface area contributed by atoms with Gasteiger partial charge in [-0.1, -0.05) is 12.8 Å². The van der Waals surface area contributed by atoms with Gasteiger partial charge in [0.15, 0.2) is 0 Å². The lowest BCUT2D eigenvalue weighted by Crippen LogP contribution is -2.30. The third kappa shape index (κ3) is 2.14. The van der Waals surface area contributed by atoms with Crippen molar-refractivity contribution < 1.29 is 0 Å². The van der Waals surface area contributed by atoms with Crippen molar-refractivity contribution in [1.29, 1.82) is 0 Å². The minimum Gasteiger partial charge on any atom is -0.372 e. The fourth-order valence-electron chi connectivity index (χ4n) is 2.25. The van der Waals surface area contributed by atoms with E-state index >= 15 is 0 Å². The van der Waals surface area contributed by atoms with Crippen LogP contribution in [-0.2, 0) is 0 Å². The molecule has 16 heavy (non-hydrogen) atoms. The lowest BCUT2D eigenvalue weighted by Gasteiger charge is -2.26. The highest BCUT2D eigenvalue weighted by atomic mass is 79.9. The molecule has 4 nitrogen and oxygen atoms in total. The molecule has 1 aliphatic carbocycles. The maximum absolute atomic E-state index is 4.36. The zero-order chi connectivity index (χ0) is 11.5. The molecule has 1 N–H and O–H groups in total. The summed E-state index contributed by atoms with van der Waals surface area (Å²) in [5.41, 5.74) is 0. The third-order valence-corrected chi connectivity index (χ3v) is 3.94. The maximum atomic E-state index is 4.36. The summed E-state index contributed by atoms with van der Waals surface area (Å²) in [6.45, 7) is 0. The van der Waals surface area contributed by atoms with Gasteiger partial charge in [-0.05, 0) is 28.8 Å². The van der Waals surface area contributed by atoms with Crippen LogP contribution in [0.5, 0.6) is 0 Å². The minimum atomic E-state index is 0.621. The topological polar surface area (TPSA) is 41.1 Å². The smallest absolute Gasteiger partial charge is 0.148 e. The van der Waals surface area contributed by atoms with Gasteiger partial charge in [0.1, 0.15) is 22.4 Å².